The van der Waals surface area contributed by atoms with Crippen LogP contribution in [0.3, 0.4) is 0 Å². The lowest BCUT2D eigenvalue weighted by atomic mass is 9.85. The predicted octanol–water partition coefficient (Wildman–Crippen LogP) is 2.78. The molecule has 2 fully saturated rings. The third kappa shape index (κ3) is 3.75. The highest BCUT2D eigenvalue weighted by atomic mass is 16.3. The molecule has 1 saturated carbocycles. The molecule has 0 amide bonds. The molecule has 20 heavy (non-hydrogen) atoms. The zero-order valence-electron chi connectivity index (χ0n) is 13.5. The molecule has 3 nitrogen and oxygen atoms in total. The van der Waals surface area contributed by atoms with Gasteiger partial charge in [0.2, 0.25) is 0 Å². The average molecular weight is 282 g/mol. The van der Waals surface area contributed by atoms with Gasteiger partial charge in [0.15, 0.2) is 0 Å². The van der Waals surface area contributed by atoms with Crippen molar-refractivity contribution in [2.75, 3.05) is 26.2 Å². The van der Waals surface area contributed by atoms with Gasteiger partial charge < -0.3 is 15.3 Å². The third-order valence-corrected chi connectivity index (χ3v) is 5.72. The van der Waals surface area contributed by atoms with Crippen molar-refractivity contribution in [3.8, 4) is 0 Å². The van der Waals surface area contributed by atoms with Crippen LogP contribution < -0.4 is 5.32 Å². The second-order valence-electron chi connectivity index (χ2n) is 6.96. The predicted molar refractivity (Wildman–Crippen MR) is 85.0 cm³/mol. The molecular formula is C17H34N2O. The van der Waals surface area contributed by atoms with Crippen LogP contribution in [-0.2, 0) is 0 Å². The van der Waals surface area contributed by atoms with Gasteiger partial charge in [0.05, 0.1) is 6.61 Å². The molecule has 2 N–H and O–H groups in total. The molecule has 0 aromatic carbocycles. The van der Waals surface area contributed by atoms with Crippen LogP contribution in [0, 0.1) is 5.92 Å². The molecule has 3 unspecified atom stereocenters. The minimum Gasteiger partial charge on any atom is -0.394 e. The van der Waals surface area contributed by atoms with Crippen LogP contribution in [0.15, 0.2) is 0 Å². The maximum atomic E-state index is 9.88. The van der Waals surface area contributed by atoms with Crippen LogP contribution in [0.25, 0.3) is 0 Å². The van der Waals surface area contributed by atoms with Crippen molar-refractivity contribution >= 4 is 0 Å². The van der Waals surface area contributed by atoms with Gasteiger partial charge in [-0.2, -0.15) is 0 Å². The lowest BCUT2D eigenvalue weighted by Crippen LogP contribution is -2.52. The normalized spacial score (nSPS) is 36.1. The van der Waals surface area contributed by atoms with Crippen molar-refractivity contribution in [2.24, 2.45) is 5.92 Å². The molecular weight excluding hydrogens is 248 g/mol. The fraction of sp³-hybridized carbons (Fsp3) is 1.00. The third-order valence-electron chi connectivity index (χ3n) is 5.72. The zero-order chi connectivity index (χ0) is 14.4. The van der Waals surface area contributed by atoms with Crippen molar-refractivity contribution in [2.45, 2.75) is 76.8 Å². The Balaban J connectivity index is 1.88. The first kappa shape index (κ1) is 16.3. The standard InChI is InChI=1S/C17H34N2O/c1-3-18-17(14-20)11-7-9-16(17)10-13-19-12-6-4-5-8-15(19)2/h15-16,18,20H,3-14H2,1-2H3. The monoisotopic (exact) mass is 282 g/mol. The number of likely N-dealkylation sites (tertiary alicyclic amines) is 1. The minimum absolute atomic E-state index is 0.0177. The first-order chi connectivity index (χ1) is 9.72. The Labute approximate surface area is 125 Å². The van der Waals surface area contributed by atoms with E-state index in [1.165, 1.54) is 58.0 Å². The smallest absolute Gasteiger partial charge is 0.0616 e. The number of nitrogens with one attached hydrogen (secondary N) is 1. The molecule has 3 atom stereocenters. The van der Waals surface area contributed by atoms with Gasteiger partial charge in [0.1, 0.15) is 0 Å². The summed E-state index contributed by atoms with van der Waals surface area (Å²) in [5.41, 5.74) is 0.0177. The molecule has 0 bridgehead atoms. The Morgan fingerprint density at radius 2 is 2.05 bits per heavy atom. The summed E-state index contributed by atoms with van der Waals surface area (Å²) in [6.07, 6.45) is 10.5. The molecule has 0 spiro atoms. The molecule has 3 heteroatoms. The van der Waals surface area contributed by atoms with Gasteiger partial charge in [0, 0.05) is 11.6 Å². The topological polar surface area (TPSA) is 35.5 Å². The number of hydrogen-bond acceptors (Lipinski definition) is 3. The molecule has 1 heterocycles. The second kappa shape index (κ2) is 7.77. The molecule has 1 aliphatic heterocycles. The molecule has 2 aliphatic rings. The SMILES string of the molecule is CCNC1(CO)CCCC1CCN1CCCCCC1C. The Kier molecular flexibility index (Phi) is 6.31. The molecule has 0 radical (unpaired) electrons. The summed E-state index contributed by atoms with van der Waals surface area (Å²) in [4.78, 5) is 2.69. The first-order valence-electron chi connectivity index (χ1n) is 8.82. The van der Waals surface area contributed by atoms with E-state index in [4.69, 9.17) is 0 Å². The van der Waals surface area contributed by atoms with E-state index in [0.717, 1.165) is 19.0 Å². The lowest BCUT2D eigenvalue weighted by Gasteiger charge is -2.37. The van der Waals surface area contributed by atoms with Gasteiger partial charge in [-0.3, -0.25) is 0 Å². The lowest BCUT2D eigenvalue weighted by molar-refractivity contribution is 0.107. The summed E-state index contributed by atoms with van der Waals surface area (Å²) in [5, 5.41) is 13.5. The largest absolute Gasteiger partial charge is 0.394 e. The van der Waals surface area contributed by atoms with E-state index in [1.54, 1.807) is 0 Å². The quantitative estimate of drug-likeness (QED) is 0.786. The van der Waals surface area contributed by atoms with Gasteiger partial charge in [-0.15, -0.1) is 0 Å². The van der Waals surface area contributed by atoms with Gasteiger partial charge in [-0.05, 0) is 64.6 Å². The molecule has 2 rings (SSSR count). The van der Waals surface area contributed by atoms with Gasteiger partial charge in [-0.25, -0.2) is 0 Å². The van der Waals surface area contributed by atoms with E-state index in [9.17, 15) is 5.11 Å². The van der Waals surface area contributed by atoms with Crippen LogP contribution in [-0.4, -0.2) is 47.8 Å². The van der Waals surface area contributed by atoms with Crippen LogP contribution in [0.2, 0.25) is 0 Å². The van der Waals surface area contributed by atoms with E-state index in [1.807, 2.05) is 0 Å². The maximum absolute atomic E-state index is 9.88. The van der Waals surface area contributed by atoms with E-state index in [0.29, 0.717) is 12.5 Å². The Hall–Kier alpha value is -0.120. The summed E-state index contributed by atoms with van der Waals surface area (Å²) in [5.74, 6) is 0.655. The highest BCUT2D eigenvalue weighted by Gasteiger charge is 2.41. The minimum atomic E-state index is 0.0177. The molecule has 118 valence electrons. The summed E-state index contributed by atoms with van der Waals surface area (Å²) in [6.45, 7) is 8.33. The van der Waals surface area contributed by atoms with E-state index in [-0.39, 0.29) is 5.54 Å². The van der Waals surface area contributed by atoms with Crippen LogP contribution in [0.5, 0.6) is 0 Å². The zero-order valence-corrected chi connectivity index (χ0v) is 13.5. The van der Waals surface area contributed by atoms with Crippen molar-refractivity contribution in [1.82, 2.24) is 10.2 Å². The van der Waals surface area contributed by atoms with Crippen LogP contribution in [0.4, 0.5) is 0 Å². The Morgan fingerprint density at radius 3 is 2.80 bits per heavy atom. The molecule has 1 saturated heterocycles. The number of nitrogens with zero attached hydrogens (tertiary/aromatic N) is 1. The van der Waals surface area contributed by atoms with Crippen LogP contribution in [0.1, 0.15) is 65.2 Å². The van der Waals surface area contributed by atoms with Gasteiger partial charge in [-0.1, -0.05) is 26.2 Å². The second-order valence-corrected chi connectivity index (χ2v) is 6.96. The fourth-order valence-corrected chi connectivity index (χ4v) is 4.40. The van der Waals surface area contributed by atoms with Crippen molar-refractivity contribution in [3.63, 3.8) is 0 Å². The van der Waals surface area contributed by atoms with Gasteiger partial charge >= 0.3 is 0 Å². The number of hydrogen-bond donors (Lipinski definition) is 2. The van der Waals surface area contributed by atoms with Crippen LogP contribution >= 0.6 is 0 Å². The van der Waals surface area contributed by atoms with Crippen molar-refractivity contribution in [1.29, 1.82) is 0 Å². The number of aliphatic hydroxyl groups excluding tert-OH is 1. The highest BCUT2D eigenvalue weighted by Crippen LogP contribution is 2.38. The summed E-state index contributed by atoms with van der Waals surface area (Å²) in [6, 6.07) is 0.751. The summed E-state index contributed by atoms with van der Waals surface area (Å²) in [7, 11) is 0. The Morgan fingerprint density at radius 1 is 1.20 bits per heavy atom. The fourth-order valence-electron chi connectivity index (χ4n) is 4.40. The van der Waals surface area contributed by atoms with E-state index >= 15 is 0 Å². The summed E-state index contributed by atoms with van der Waals surface area (Å²) < 4.78 is 0. The number of rotatable bonds is 6. The van der Waals surface area contributed by atoms with Crippen molar-refractivity contribution < 1.29 is 5.11 Å². The Bertz CT molecular complexity index is 284. The van der Waals surface area contributed by atoms with E-state index < -0.39 is 0 Å². The van der Waals surface area contributed by atoms with E-state index in [2.05, 4.69) is 24.1 Å². The molecule has 0 aromatic rings. The summed E-state index contributed by atoms with van der Waals surface area (Å²) >= 11 is 0. The molecule has 1 aliphatic carbocycles. The maximum Gasteiger partial charge on any atom is 0.0616 e. The van der Waals surface area contributed by atoms with Gasteiger partial charge in [0.25, 0.3) is 0 Å². The average Bonchev–Trinajstić information content (AvgIpc) is 2.73. The number of likely N-dealkylation sites (N-methyl/N-ethyl adjacent to an activating group) is 1. The first-order valence-corrected chi connectivity index (χ1v) is 8.82. The van der Waals surface area contributed by atoms with Crippen molar-refractivity contribution in [3.05, 3.63) is 0 Å². The highest BCUT2D eigenvalue weighted by molar-refractivity contribution is 4.99. The number of aliphatic hydroxyl groups is 1. The molecule has 0 aromatic heterocycles.